The van der Waals surface area contributed by atoms with Gasteiger partial charge < -0.3 is 9.47 Å². The van der Waals surface area contributed by atoms with Crippen molar-refractivity contribution in [2.45, 2.75) is 145 Å². The predicted octanol–water partition coefficient (Wildman–Crippen LogP) is 11.1. The SMILES string of the molecule is CCCCCCOCOCCCC(C)CC(C)CC(C)CC(C)CC(C)CC(C)CC(C)CCCCl. The highest BCUT2D eigenvalue weighted by atomic mass is 35.5. The van der Waals surface area contributed by atoms with Gasteiger partial charge in [0.15, 0.2) is 0 Å². The molecule has 0 saturated heterocycles. The summed E-state index contributed by atoms with van der Waals surface area (Å²) in [4.78, 5) is 0. The van der Waals surface area contributed by atoms with E-state index in [0.717, 1.165) is 73.4 Å². The molecule has 0 aromatic rings. The highest BCUT2D eigenvalue weighted by molar-refractivity contribution is 6.17. The molecular formula is C33H67ClO2. The summed E-state index contributed by atoms with van der Waals surface area (Å²) >= 11 is 5.87. The molecule has 0 amide bonds. The molecule has 3 heteroatoms. The fraction of sp³-hybridized carbons (Fsp3) is 1.00. The summed E-state index contributed by atoms with van der Waals surface area (Å²) in [5.74, 6) is 6.59. The summed E-state index contributed by atoms with van der Waals surface area (Å²) in [5.41, 5.74) is 0. The summed E-state index contributed by atoms with van der Waals surface area (Å²) in [6.45, 7) is 21.6. The van der Waals surface area contributed by atoms with Gasteiger partial charge in [0.2, 0.25) is 0 Å². The van der Waals surface area contributed by atoms with Gasteiger partial charge >= 0.3 is 0 Å². The van der Waals surface area contributed by atoms with Gasteiger partial charge in [-0.05, 0) is 112 Å². The second kappa shape index (κ2) is 24.3. The summed E-state index contributed by atoms with van der Waals surface area (Å²) in [6, 6.07) is 0. The molecule has 0 aliphatic heterocycles. The highest BCUT2D eigenvalue weighted by Crippen LogP contribution is 2.30. The molecule has 36 heavy (non-hydrogen) atoms. The largest absolute Gasteiger partial charge is 0.355 e. The Morgan fingerprint density at radius 3 is 1.28 bits per heavy atom. The van der Waals surface area contributed by atoms with Crippen LogP contribution in [-0.4, -0.2) is 25.9 Å². The van der Waals surface area contributed by atoms with Gasteiger partial charge in [-0.3, -0.25) is 0 Å². The number of unbranched alkanes of at least 4 members (excludes halogenated alkanes) is 3. The van der Waals surface area contributed by atoms with Crippen molar-refractivity contribution in [2.75, 3.05) is 25.9 Å². The van der Waals surface area contributed by atoms with E-state index in [1.807, 2.05) is 0 Å². The van der Waals surface area contributed by atoms with Gasteiger partial charge in [0.25, 0.3) is 0 Å². The minimum absolute atomic E-state index is 0.470. The predicted molar refractivity (Wildman–Crippen MR) is 162 cm³/mol. The second-order valence-electron chi connectivity index (χ2n) is 13.1. The number of hydrogen-bond acceptors (Lipinski definition) is 2. The van der Waals surface area contributed by atoms with Gasteiger partial charge in [-0.2, -0.15) is 0 Å². The maximum atomic E-state index is 5.87. The van der Waals surface area contributed by atoms with E-state index in [2.05, 4.69) is 55.4 Å². The Labute approximate surface area is 233 Å². The summed E-state index contributed by atoms with van der Waals surface area (Å²) in [6.07, 6.45) is 18.1. The molecule has 7 unspecified atom stereocenters. The zero-order chi connectivity index (χ0) is 27.2. The highest BCUT2D eigenvalue weighted by Gasteiger charge is 2.18. The van der Waals surface area contributed by atoms with Crippen molar-refractivity contribution in [1.82, 2.24) is 0 Å². The van der Waals surface area contributed by atoms with Crippen LogP contribution in [0.25, 0.3) is 0 Å². The molecule has 7 atom stereocenters. The maximum absolute atomic E-state index is 5.87. The Balaban J connectivity index is 3.88. The molecule has 0 aliphatic carbocycles. The summed E-state index contributed by atoms with van der Waals surface area (Å²) in [5, 5.41) is 0. The van der Waals surface area contributed by atoms with Gasteiger partial charge in [0.1, 0.15) is 6.79 Å². The van der Waals surface area contributed by atoms with E-state index in [4.69, 9.17) is 21.1 Å². The van der Waals surface area contributed by atoms with Gasteiger partial charge in [0.05, 0.1) is 0 Å². The number of ether oxygens (including phenoxy) is 2. The third kappa shape index (κ3) is 23.3. The fourth-order valence-corrected chi connectivity index (χ4v) is 6.76. The summed E-state index contributed by atoms with van der Waals surface area (Å²) < 4.78 is 11.2. The lowest BCUT2D eigenvalue weighted by atomic mass is 9.80. The van der Waals surface area contributed by atoms with Crippen LogP contribution >= 0.6 is 11.6 Å². The lowest BCUT2D eigenvalue weighted by Gasteiger charge is -2.26. The molecule has 0 aliphatic rings. The van der Waals surface area contributed by atoms with Crippen molar-refractivity contribution in [1.29, 1.82) is 0 Å². The lowest BCUT2D eigenvalue weighted by molar-refractivity contribution is -0.0561. The van der Waals surface area contributed by atoms with E-state index in [1.165, 1.54) is 77.0 Å². The first-order valence-electron chi connectivity index (χ1n) is 15.9. The smallest absolute Gasteiger partial charge is 0.146 e. The van der Waals surface area contributed by atoms with Gasteiger partial charge in [-0.15, -0.1) is 11.6 Å². The molecule has 0 N–H and O–H groups in total. The molecular weight excluding hydrogens is 464 g/mol. The first-order valence-corrected chi connectivity index (χ1v) is 16.4. The van der Waals surface area contributed by atoms with Gasteiger partial charge in [-0.1, -0.05) is 74.7 Å². The van der Waals surface area contributed by atoms with E-state index >= 15 is 0 Å². The standard InChI is InChI=1S/C33H67ClO2/c1-9-10-11-12-18-35-26-36-19-14-16-28(3)21-30(5)23-32(7)25-33(8)24-31(6)22-29(4)20-27(2)15-13-17-34/h27-33H,9-26H2,1-8H3. The van der Waals surface area contributed by atoms with Crippen LogP contribution in [-0.2, 0) is 9.47 Å². The zero-order valence-electron chi connectivity index (χ0n) is 26.0. The second-order valence-corrected chi connectivity index (χ2v) is 13.5. The van der Waals surface area contributed by atoms with Crippen LogP contribution in [0, 0.1) is 41.4 Å². The van der Waals surface area contributed by atoms with E-state index < -0.39 is 0 Å². The Kier molecular flexibility index (Phi) is 24.4. The molecule has 0 spiro atoms. The minimum atomic E-state index is 0.470. The van der Waals surface area contributed by atoms with Gasteiger partial charge in [0, 0.05) is 19.1 Å². The van der Waals surface area contributed by atoms with E-state index in [9.17, 15) is 0 Å². The van der Waals surface area contributed by atoms with Crippen molar-refractivity contribution in [3.8, 4) is 0 Å². The van der Waals surface area contributed by atoms with Crippen LogP contribution in [0.2, 0.25) is 0 Å². The molecule has 0 radical (unpaired) electrons. The number of hydrogen-bond donors (Lipinski definition) is 0. The maximum Gasteiger partial charge on any atom is 0.146 e. The molecule has 0 aromatic heterocycles. The molecule has 0 aromatic carbocycles. The third-order valence-corrected chi connectivity index (χ3v) is 8.22. The average Bonchev–Trinajstić information content (AvgIpc) is 2.78. The van der Waals surface area contributed by atoms with E-state index in [0.29, 0.717) is 6.79 Å². The zero-order valence-corrected chi connectivity index (χ0v) is 26.7. The molecule has 218 valence electrons. The Morgan fingerprint density at radius 1 is 0.472 bits per heavy atom. The van der Waals surface area contributed by atoms with Crippen LogP contribution in [0.15, 0.2) is 0 Å². The van der Waals surface area contributed by atoms with Crippen molar-refractivity contribution in [3.05, 3.63) is 0 Å². The normalized spacial score (nSPS) is 17.9. The van der Waals surface area contributed by atoms with Crippen molar-refractivity contribution in [2.24, 2.45) is 41.4 Å². The van der Waals surface area contributed by atoms with E-state index in [-0.39, 0.29) is 0 Å². The third-order valence-electron chi connectivity index (χ3n) is 7.95. The van der Waals surface area contributed by atoms with Crippen LogP contribution in [0.3, 0.4) is 0 Å². The molecule has 0 fully saturated rings. The van der Waals surface area contributed by atoms with E-state index in [1.54, 1.807) is 0 Å². The molecule has 0 bridgehead atoms. The van der Waals surface area contributed by atoms with Crippen LogP contribution in [0.1, 0.15) is 145 Å². The Bertz CT molecular complexity index is 457. The molecule has 0 rings (SSSR count). The number of rotatable bonds is 26. The topological polar surface area (TPSA) is 18.5 Å². The van der Waals surface area contributed by atoms with Crippen LogP contribution in [0.5, 0.6) is 0 Å². The molecule has 0 heterocycles. The number of alkyl halides is 1. The van der Waals surface area contributed by atoms with Crippen molar-refractivity contribution in [3.63, 3.8) is 0 Å². The number of halogens is 1. The van der Waals surface area contributed by atoms with Crippen LogP contribution in [0.4, 0.5) is 0 Å². The molecule has 2 nitrogen and oxygen atoms in total. The first kappa shape index (κ1) is 36.2. The lowest BCUT2D eigenvalue weighted by Crippen LogP contribution is -2.14. The van der Waals surface area contributed by atoms with Gasteiger partial charge in [-0.25, -0.2) is 0 Å². The average molecular weight is 531 g/mol. The summed E-state index contributed by atoms with van der Waals surface area (Å²) in [7, 11) is 0. The van der Waals surface area contributed by atoms with Crippen molar-refractivity contribution < 1.29 is 9.47 Å². The fourth-order valence-electron chi connectivity index (χ4n) is 6.61. The Morgan fingerprint density at radius 2 is 0.861 bits per heavy atom. The van der Waals surface area contributed by atoms with Crippen LogP contribution < -0.4 is 0 Å². The molecule has 0 saturated carbocycles. The Hall–Kier alpha value is 0.210. The monoisotopic (exact) mass is 530 g/mol. The quantitative estimate of drug-likeness (QED) is 0.0628. The first-order chi connectivity index (χ1) is 17.2. The minimum Gasteiger partial charge on any atom is -0.355 e. The van der Waals surface area contributed by atoms with Crippen molar-refractivity contribution >= 4 is 11.6 Å².